The average Bonchev–Trinajstić information content (AvgIpc) is 2.67. The van der Waals surface area contributed by atoms with Gasteiger partial charge in [0.1, 0.15) is 18.0 Å². The smallest absolute Gasteiger partial charge is 0.217 e. The number of carbonyl (C=O) groups excluding carboxylic acids is 1. The summed E-state index contributed by atoms with van der Waals surface area (Å²) < 4.78 is 0. The van der Waals surface area contributed by atoms with Gasteiger partial charge in [-0.15, -0.1) is 0 Å². The zero-order valence-electron chi connectivity index (χ0n) is 15.6. The van der Waals surface area contributed by atoms with Crippen LogP contribution in [0.4, 0.5) is 11.6 Å². The lowest BCUT2D eigenvalue weighted by atomic mass is 10.1. The van der Waals surface area contributed by atoms with Crippen molar-refractivity contribution in [2.24, 2.45) is 0 Å². The lowest BCUT2D eigenvalue weighted by Gasteiger charge is -2.36. The van der Waals surface area contributed by atoms with E-state index in [9.17, 15) is 4.79 Å². The van der Waals surface area contributed by atoms with Crippen molar-refractivity contribution < 1.29 is 4.79 Å². The summed E-state index contributed by atoms with van der Waals surface area (Å²) in [6.07, 6.45) is 3.46. The second-order valence-corrected chi connectivity index (χ2v) is 6.86. The van der Waals surface area contributed by atoms with Crippen LogP contribution in [0.15, 0.2) is 30.7 Å². The van der Waals surface area contributed by atoms with Crippen molar-refractivity contribution in [2.45, 2.75) is 33.2 Å². The van der Waals surface area contributed by atoms with Crippen molar-refractivity contribution in [3.63, 3.8) is 0 Å². The quantitative estimate of drug-likeness (QED) is 0.885. The first-order valence-electron chi connectivity index (χ1n) is 9.04. The maximum atomic E-state index is 11.1. The van der Waals surface area contributed by atoms with Gasteiger partial charge in [0.05, 0.1) is 0 Å². The van der Waals surface area contributed by atoms with E-state index in [4.69, 9.17) is 0 Å². The Morgan fingerprint density at radius 2 is 1.73 bits per heavy atom. The molecule has 1 N–H and O–H groups in total. The van der Waals surface area contributed by atoms with Crippen LogP contribution in [0.25, 0.3) is 0 Å². The Hall–Kier alpha value is -2.70. The molecule has 3 heterocycles. The predicted octanol–water partition coefficient (Wildman–Crippen LogP) is 1.96. The molecule has 138 valence electrons. The fourth-order valence-electron chi connectivity index (χ4n) is 2.98. The molecule has 2 aromatic rings. The van der Waals surface area contributed by atoms with Gasteiger partial charge in [-0.1, -0.05) is 13.8 Å². The highest BCUT2D eigenvalue weighted by molar-refractivity contribution is 5.72. The minimum absolute atomic E-state index is 0.0254. The zero-order valence-corrected chi connectivity index (χ0v) is 15.6. The molecular formula is C19H26N6O. The van der Waals surface area contributed by atoms with Gasteiger partial charge in [0, 0.05) is 57.6 Å². The van der Waals surface area contributed by atoms with Crippen molar-refractivity contribution in [1.82, 2.24) is 20.3 Å². The number of nitrogens with one attached hydrogen (secondary N) is 1. The number of hydrogen-bond acceptors (Lipinski definition) is 6. The Labute approximate surface area is 154 Å². The lowest BCUT2D eigenvalue weighted by Crippen LogP contribution is -2.47. The van der Waals surface area contributed by atoms with E-state index in [-0.39, 0.29) is 5.91 Å². The monoisotopic (exact) mass is 354 g/mol. The van der Waals surface area contributed by atoms with Gasteiger partial charge in [-0.25, -0.2) is 15.0 Å². The third-order valence-electron chi connectivity index (χ3n) is 4.54. The van der Waals surface area contributed by atoms with Gasteiger partial charge < -0.3 is 15.1 Å². The van der Waals surface area contributed by atoms with Gasteiger partial charge >= 0.3 is 0 Å². The number of anilines is 2. The summed E-state index contributed by atoms with van der Waals surface area (Å²) in [6.45, 7) is 9.91. The Bertz CT molecular complexity index is 755. The maximum Gasteiger partial charge on any atom is 0.217 e. The van der Waals surface area contributed by atoms with Gasteiger partial charge in [0.25, 0.3) is 0 Å². The molecule has 7 nitrogen and oxygen atoms in total. The molecule has 0 aliphatic carbocycles. The first-order valence-corrected chi connectivity index (χ1v) is 9.04. The van der Waals surface area contributed by atoms with Crippen LogP contribution in [0.3, 0.4) is 0 Å². The number of piperazine rings is 1. The van der Waals surface area contributed by atoms with Crippen LogP contribution in [0.2, 0.25) is 0 Å². The van der Waals surface area contributed by atoms with E-state index in [2.05, 4.69) is 50.0 Å². The Morgan fingerprint density at radius 1 is 1.08 bits per heavy atom. The lowest BCUT2D eigenvalue weighted by molar-refractivity contribution is -0.119. The molecule has 0 saturated carbocycles. The molecule has 0 radical (unpaired) electrons. The molecule has 1 fully saturated rings. The van der Waals surface area contributed by atoms with Crippen molar-refractivity contribution in [1.29, 1.82) is 0 Å². The fourth-order valence-corrected chi connectivity index (χ4v) is 2.98. The van der Waals surface area contributed by atoms with Crippen LogP contribution in [-0.2, 0) is 11.3 Å². The number of amides is 1. The molecule has 0 atom stereocenters. The molecule has 1 saturated heterocycles. The molecule has 26 heavy (non-hydrogen) atoms. The predicted molar refractivity (Wildman–Crippen MR) is 102 cm³/mol. The highest BCUT2D eigenvalue weighted by Crippen LogP contribution is 2.20. The molecular weight excluding hydrogens is 328 g/mol. The third-order valence-corrected chi connectivity index (χ3v) is 4.54. The molecule has 1 amide bonds. The van der Waals surface area contributed by atoms with Crippen LogP contribution in [0, 0.1) is 0 Å². The molecule has 7 heteroatoms. The summed E-state index contributed by atoms with van der Waals surface area (Å²) in [6, 6.07) is 6.07. The summed E-state index contributed by atoms with van der Waals surface area (Å²) in [4.78, 5) is 28.9. The Morgan fingerprint density at radius 3 is 2.35 bits per heavy atom. The zero-order chi connectivity index (χ0) is 18.5. The summed E-state index contributed by atoms with van der Waals surface area (Å²) in [5.41, 5.74) is 2.13. The van der Waals surface area contributed by atoms with E-state index < -0.39 is 0 Å². The summed E-state index contributed by atoms with van der Waals surface area (Å²) >= 11 is 0. The number of rotatable bonds is 5. The molecule has 0 unspecified atom stereocenters. The fraction of sp³-hybridized carbons (Fsp3) is 0.474. The molecule has 1 aliphatic heterocycles. The Balaban J connectivity index is 1.62. The van der Waals surface area contributed by atoms with Crippen LogP contribution < -0.4 is 15.1 Å². The van der Waals surface area contributed by atoms with E-state index in [1.165, 1.54) is 6.92 Å². The van der Waals surface area contributed by atoms with Gasteiger partial charge in [-0.05, 0) is 23.6 Å². The van der Waals surface area contributed by atoms with E-state index in [1.807, 2.05) is 12.1 Å². The van der Waals surface area contributed by atoms with Gasteiger partial charge in [0.2, 0.25) is 5.91 Å². The Kier molecular flexibility index (Phi) is 5.65. The summed E-state index contributed by atoms with van der Waals surface area (Å²) in [5.74, 6) is 2.32. The normalized spacial score (nSPS) is 14.6. The highest BCUT2D eigenvalue weighted by atomic mass is 16.1. The van der Waals surface area contributed by atoms with Crippen LogP contribution in [0.1, 0.15) is 37.9 Å². The molecule has 0 bridgehead atoms. The van der Waals surface area contributed by atoms with E-state index in [1.54, 1.807) is 12.5 Å². The third kappa shape index (κ3) is 4.47. The van der Waals surface area contributed by atoms with E-state index in [0.717, 1.165) is 49.1 Å². The minimum Gasteiger partial charge on any atom is -0.353 e. The number of carbonyl (C=O) groups is 1. The number of pyridine rings is 1. The molecule has 1 aliphatic rings. The van der Waals surface area contributed by atoms with Crippen molar-refractivity contribution in [2.75, 3.05) is 36.0 Å². The van der Waals surface area contributed by atoms with Crippen molar-refractivity contribution in [3.05, 3.63) is 42.0 Å². The first-order chi connectivity index (χ1) is 12.5. The van der Waals surface area contributed by atoms with Crippen LogP contribution in [0.5, 0.6) is 0 Å². The molecule has 0 spiro atoms. The molecule has 2 aromatic heterocycles. The topological polar surface area (TPSA) is 74.2 Å². The first kappa shape index (κ1) is 18.1. The average molecular weight is 354 g/mol. The maximum absolute atomic E-state index is 11.1. The molecule has 0 aromatic carbocycles. The molecule has 3 rings (SSSR count). The van der Waals surface area contributed by atoms with Crippen molar-refractivity contribution >= 4 is 17.5 Å². The summed E-state index contributed by atoms with van der Waals surface area (Å²) in [7, 11) is 0. The number of hydrogen-bond donors (Lipinski definition) is 1. The van der Waals surface area contributed by atoms with E-state index in [0.29, 0.717) is 12.5 Å². The summed E-state index contributed by atoms with van der Waals surface area (Å²) in [5, 5.41) is 2.83. The highest BCUT2D eigenvalue weighted by Gasteiger charge is 2.20. The van der Waals surface area contributed by atoms with Crippen LogP contribution >= 0.6 is 0 Å². The second-order valence-electron chi connectivity index (χ2n) is 6.86. The number of nitrogens with zero attached hydrogens (tertiary/aromatic N) is 5. The van der Waals surface area contributed by atoms with Crippen molar-refractivity contribution in [3.8, 4) is 0 Å². The largest absolute Gasteiger partial charge is 0.353 e. The standard InChI is InChI=1S/C19H26N6O/c1-14(2)17-11-19(23-13-22-17)25-8-6-24(7-9-25)18-10-16(4-5-20-18)12-21-15(3)26/h4-5,10-11,13-14H,6-9,12H2,1-3H3,(H,21,26). The van der Waals surface area contributed by atoms with Gasteiger partial charge in [-0.3, -0.25) is 4.79 Å². The second kappa shape index (κ2) is 8.12. The van der Waals surface area contributed by atoms with E-state index >= 15 is 0 Å². The van der Waals surface area contributed by atoms with Crippen LogP contribution in [-0.4, -0.2) is 47.0 Å². The SMILES string of the molecule is CC(=O)NCc1ccnc(N2CCN(c3cc(C(C)C)ncn3)CC2)c1. The minimum atomic E-state index is -0.0254. The number of aromatic nitrogens is 3. The van der Waals surface area contributed by atoms with Gasteiger partial charge in [-0.2, -0.15) is 0 Å². The van der Waals surface area contributed by atoms with Gasteiger partial charge in [0.15, 0.2) is 0 Å².